The smallest absolute Gasteiger partial charge is 0.119 e. The molecule has 3 nitrogen and oxygen atoms in total. The molecule has 128 valence electrons. The highest BCUT2D eigenvalue weighted by molar-refractivity contribution is 5.71. The normalized spacial score (nSPS) is 13.0. The summed E-state index contributed by atoms with van der Waals surface area (Å²) in [7, 11) is 0. The third-order valence-corrected chi connectivity index (χ3v) is 4.47. The maximum absolute atomic E-state index is 9.87. The lowest BCUT2D eigenvalue weighted by Crippen LogP contribution is -2.30. The van der Waals surface area contributed by atoms with Gasteiger partial charge in [0, 0.05) is 17.1 Å². The van der Waals surface area contributed by atoms with Gasteiger partial charge in [-0.1, -0.05) is 24.6 Å². The molecular weight excluding hydrogens is 308 g/mol. The summed E-state index contributed by atoms with van der Waals surface area (Å²) in [6, 6.07) is 10.5. The Morgan fingerprint density at radius 3 is 2.56 bits per heavy atom. The van der Waals surface area contributed by atoms with Gasteiger partial charge in [-0.3, -0.25) is 0 Å². The van der Waals surface area contributed by atoms with Crippen molar-refractivity contribution in [3.63, 3.8) is 0 Å². The van der Waals surface area contributed by atoms with Gasteiger partial charge in [-0.15, -0.1) is 0 Å². The first-order chi connectivity index (χ1) is 12.2. The Morgan fingerprint density at radius 2 is 1.92 bits per heavy atom. The molecule has 1 heterocycles. The lowest BCUT2D eigenvalue weighted by atomic mass is 10.1. The van der Waals surface area contributed by atoms with Crippen molar-refractivity contribution in [3.8, 4) is 23.1 Å². The average molecular weight is 332 g/mol. The van der Waals surface area contributed by atoms with E-state index in [1.54, 1.807) is 0 Å². The minimum absolute atomic E-state index is 0.652. The number of rotatable bonds is 5. The predicted octanol–water partition coefficient (Wildman–Crippen LogP) is 3.75. The number of benzene rings is 1. The van der Waals surface area contributed by atoms with E-state index in [1.807, 2.05) is 19.1 Å². The van der Waals surface area contributed by atoms with Crippen LogP contribution in [0, 0.1) is 11.3 Å². The van der Waals surface area contributed by atoms with E-state index in [2.05, 4.69) is 54.8 Å². The minimum Gasteiger partial charge on any atom is -0.494 e. The number of hydrogen-bond donors (Lipinski definition) is 0. The quantitative estimate of drug-likeness (QED) is 0.836. The molecule has 0 radical (unpaired) electrons. The summed E-state index contributed by atoms with van der Waals surface area (Å²) in [5.41, 5.74) is 4.09. The van der Waals surface area contributed by atoms with Crippen molar-refractivity contribution in [2.24, 2.45) is 0 Å². The zero-order valence-corrected chi connectivity index (χ0v) is 15.2. The van der Waals surface area contributed by atoms with E-state index >= 15 is 0 Å². The molecule has 1 aliphatic carbocycles. The highest BCUT2D eigenvalue weighted by Gasteiger charge is 2.17. The molecule has 0 N–H and O–H groups in total. The first-order valence-corrected chi connectivity index (χ1v) is 8.94. The first kappa shape index (κ1) is 17.1. The van der Waals surface area contributed by atoms with Gasteiger partial charge >= 0.3 is 0 Å². The molecule has 0 saturated heterocycles. The molecule has 0 atom stereocenters. The van der Waals surface area contributed by atoms with Gasteiger partial charge in [0.15, 0.2) is 0 Å². The predicted molar refractivity (Wildman–Crippen MR) is 103 cm³/mol. The number of fused-ring (bicyclic) bond motifs is 1. The summed E-state index contributed by atoms with van der Waals surface area (Å²) in [6.45, 7) is 7.81. The van der Waals surface area contributed by atoms with Crippen molar-refractivity contribution in [2.45, 2.75) is 40.2 Å². The summed E-state index contributed by atoms with van der Waals surface area (Å²) in [5.74, 6) is 0.858. The standard InChI is InChI=1S/C22H24N2O/c1-4-13-24-21-14-16(3)7-6-8-19(21)20(15-23)22(24)17-9-11-18(12-10-17)25-5-2/h7-12,14H,4-6,13H2,1-3H3. The minimum atomic E-state index is 0.652. The Bertz CT molecular complexity index is 953. The molecule has 1 aliphatic rings. The maximum Gasteiger partial charge on any atom is 0.119 e. The highest BCUT2D eigenvalue weighted by Crippen LogP contribution is 2.24. The van der Waals surface area contributed by atoms with Crippen LogP contribution >= 0.6 is 0 Å². The molecule has 0 saturated carbocycles. The fourth-order valence-electron chi connectivity index (χ4n) is 3.40. The zero-order valence-electron chi connectivity index (χ0n) is 15.2. The van der Waals surface area contributed by atoms with Crippen molar-refractivity contribution in [1.82, 2.24) is 4.57 Å². The van der Waals surface area contributed by atoms with E-state index < -0.39 is 0 Å². The fourth-order valence-corrected chi connectivity index (χ4v) is 3.40. The van der Waals surface area contributed by atoms with Crippen LogP contribution in [0.2, 0.25) is 0 Å². The van der Waals surface area contributed by atoms with Gasteiger partial charge in [0.2, 0.25) is 0 Å². The van der Waals surface area contributed by atoms with Crippen LogP contribution in [0.25, 0.3) is 23.4 Å². The van der Waals surface area contributed by atoms with Crippen LogP contribution in [0.1, 0.15) is 39.2 Å². The van der Waals surface area contributed by atoms with Gasteiger partial charge in [-0.25, -0.2) is 0 Å². The monoisotopic (exact) mass is 332 g/mol. The number of ether oxygens (including phenoxy) is 1. The first-order valence-electron chi connectivity index (χ1n) is 8.94. The molecule has 1 aromatic carbocycles. The van der Waals surface area contributed by atoms with Gasteiger partial charge < -0.3 is 9.30 Å². The average Bonchev–Trinajstić information content (AvgIpc) is 2.76. The largest absolute Gasteiger partial charge is 0.494 e. The second-order valence-electron chi connectivity index (χ2n) is 6.28. The van der Waals surface area contributed by atoms with Gasteiger partial charge in [0.05, 0.1) is 17.9 Å². The molecule has 0 fully saturated rings. The zero-order chi connectivity index (χ0) is 17.8. The van der Waals surface area contributed by atoms with Crippen LogP contribution in [0.3, 0.4) is 0 Å². The van der Waals surface area contributed by atoms with Gasteiger partial charge in [0.1, 0.15) is 11.8 Å². The SMILES string of the molecule is CCCn1c(-c2ccc(OCC)cc2)c(C#N)c2c1=CC(C)=CCC=2. The van der Waals surface area contributed by atoms with Crippen molar-refractivity contribution < 1.29 is 4.74 Å². The lowest BCUT2D eigenvalue weighted by Gasteiger charge is -2.11. The van der Waals surface area contributed by atoms with Crippen LogP contribution < -0.4 is 15.3 Å². The summed E-state index contributed by atoms with van der Waals surface area (Å²) in [6.07, 6.45) is 8.46. The van der Waals surface area contributed by atoms with Crippen molar-refractivity contribution in [1.29, 1.82) is 5.26 Å². The molecule has 3 heteroatoms. The van der Waals surface area contributed by atoms with E-state index in [0.29, 0.717) is 6.61 Å². The second-order valence-corrected chi connectivity index (χ2v) is 6.28. The number of aromatic nitrogens is 1. The molecule has 0 spiro atoms. The number of nitrogens with zero attached hydrogens (tertiary/aromatic N) is 2. The van der Waals surface area contributed by atoms with E-state index in [0.717, 1.165) is 52.5 Å². The summed E-state index contributed by atoms with van der Waals surface area (Å²) < 4.78 is 7.85. The summed E-state index contributed by atoms with van der Waals surface area (Å²) in [4.78, 5) is 0. The van der Waals surface area contributed by atoms with E-state index in [1.165, 1.54) is 5.57 Å². The highest BCUT2D eigenvalue weighted by atomic mass is 16.5. The van der Waals surface area contributed by atoms with Crippen LogP contribution in [-0.2, 0) is 6.54 Å². The third kappa shape index (κ3) is 3.25. The lowest BCUT2D eigenvalue weighted by molar-refractivity contribution is 0.340. The van der Waals surface area contributed by atoms with Gasteiger partial charge in [-0.05, 0) is 62.6 Å². The Morgan fingerprint density at radius 1 is 1.16 bits per heavy atom. The van der Waals surface area contributed by atoms with Gasteiger partial charge in [0.25, 0.3) is 0 Å². The van der Waals surface area contributed by atoms with Crippen molar-refractivity contribution >= 4 is 12.2 Å². The third-order valence-electron chi connectivity index (χ3n) is 4.47. The molecule has 0 amide bonds. The molecule has 0 bridgehead atoms. The van der Waals surface area contributed by atoms with Crippen molar-refractivity contribution in [2.75, 3.05) is 6.61 Å². The molecule has 3 rings (SSSR count). The van der Waals surface area contributed by atoms with E-state index in [4.69, 9.17) is 4.74 Å². The van der Waals surface area contributed by atoms with Crippen LogP contribution in [0.15, 0.2) is 35.9 Å². The number of hydrogen-bond acceptors (Lipinski definition) is 2. The summed E-state index contributed by atoms with van der Waals surface area (Å²) in [5, 5.41) is 12.1. The van der Waals surface area contributed by atoms with Crippen LogP contribution in [-0.4, -0.2) is 11.2 Å². The molecular formula is C22H24N2O. The molecule has 2 aromatic rings. The topological polar surface area (TPSA) is 38.0 Å². The van der Waals surface area contributed by atoms with Crippen molar-refractivity contribution in [3.05, 3.63) is 52.0 Å². The fraction of sp³-hybridized carbons (Fsp3) is 0.318. The second kappa shape index (κ2) is 7.44. The number of nitriles is 1. The van der Waals surface area contributed by atoms with Crippen LogP contribution in [0.5, 0.6) is 5.75 Å². The molecule has 0 aliphatic heterocycles. The Kier molecular flexibility index (Phi) is 5.09. The van der Waals surface area contributed by atoms with Crippen LogP contribution in [0.4, 0.5) is 0 Å². The maximum atomic E-state index is 9.87. The Labute approximate surface area is 149 Å². The number of allylic oxidation sites excluding steroid dienone is 2. The molecule has 25 heavy (non-hydrogen) atoms. The van der Waals surface area contributed by atoms with E-state index in [9.17, 15) is 5.26 Å². The molecule has 0 unspecified atom stereocenters. The Balaban J connectivity index is 2.28. The summed E-state index contributed by atoms with van der Waals surface area (Å²) >= 11 is 0. The van der Waals surface area contributed by atoms with E-state index in [-0.39, 0.29) is 0 Å². The Hall–Kier alpha value is -2.73. The molecule has 1 aromatic heterocycles. The van der Waals surface area contributed by atoms with Gasteiger partial charge in [-0.2, -0.15) is 5.26 Å².